The highest BCUT2D eigenvalue weighted by Gasteiger charge is 2.14. The molecule has 1 N–H and O–H groups in total. The number of rotatable bonds is 8. The molecule has 0 aliphatic carbocycles. The first kappa shape index (κ1) is 17.7. The number of carbonyl (C=O) groups is 1. The van der Waals surface area contributed by atoms with Crippen LogP contribution in [0.15, 0.2) is 18.3 Å². The van der Waals surface area contributed by atoms with Crippen molar-refractivity contribution in [3.63, 3.8) is 0 Å². The SMILES string of the molecule is CCOc1ccc(C(=O)NCCCCN2CCC(C)CC2)cn1. The number of hydrogen-bond donors (Lipinski definition) is 1. The number of pyridine rings is 1. The fourth-order valence-electron chi connectivity index (χ4n) is 2.80. The van der Waals surface area contributed by atoms with Gasteiger partial charge in [-0.05, 0) is 64.2 Å². The van der Waals surface area contributed by atoms with Crippen molar-refractivity contribution < 1.29 is 9.53 Å². The maximum Gasteiger partial charge on any atom is 0.252 e. The van der Waals surface area contributed by atoms with E-state index >= 15 is 0 Å². The van der Waals surface area contributed by atoms with Crippen molar-refractivity contribution >= 4 is 5.91 Å². The molecule has 5 heteroatoms. The number of nitrogens with zero attached hydrogens (tertiary/aromatic N) is 2. The molecule has 1 aromatic rings. The van der Waals surface area contributed by atoms with E-state index in [1.165, 1.54) is 25.9 Å². The molecule has 0 unspecified atom stereocenters. The summed E-state index contributed by atoms with van der Waals surface area (Å²) in [6.45, 7) is 9.14. The highest BCUT2D eigenvalue weighted by molar-refractivity contribution is 5.93. The van der Waals surface area contributed by atoms with Crippen molar-refractivity contribution in [2.45, 2.75) is 39.5 Å². The number of likely N-dealkylation sites (tertiary alicyclic amines) is 1. The minimum atomic E-state index is -0.0626. The summed E-state index contributed by atoms with van der Waals surface area (Å²) < 4.78 is 5.27. The van der Waals surface area contributed by atoms with E-state index in [1.54, 1.807) is 18.3 Å². The number of amides is 1. The van der Waals surface area contributed by atoms with Crippen molar-refractivity contribution in [2.75, 3.05) is 32.8 Å². The minimum Gasteiger partial charge on any atom is -0.478 e. The van der Waals surface area contributed by atoms with Crippen molar-refractivity contribution in [3.8, 4) is 5.88 Å². The van der Waals surface area contributed by atoms with Crippen LogP contribution in [-0.4, -0.2) is 48.6 Å². The Morgan fingerprint density at radius 3 is 2.78 bits per heavy atom. The predicted octanol–water partition coefficient (Wildman–Crippen LogP) is 2.72. The van der Waals surface area contributed by atoms with E-state index in [0.717, 1.165) is 31.8 Å². The van der Waals surface area contributed by atoms with E-state index < -0.39 is 0 Å². The third kappa shape index (κ3) is 6.18. The van der Waals surface area contributed by atoms with Gasteiger partial charge in [-0.1, -0.05) is 6.92 Å². The first-order chi connectivity index (χ1) is 11.2. The summed E-state index contributed by atoms with van der Waals surface area (Å²) in [5, 5.41) is 2.96. The van der Waals surface area contributed by atoms with Gasteiger partial charge in [0, 0.05) is 18.8 Å². The van der Waals surface area contributed by atoms with Crippen molar-refractivity contribution in [1.82, 2.24) is 15.2 Å². The van der Waals surface area contributed by atoms with Crippen LogP contribution in [0, 0.1) is 5.92 Å². The third-order valence-corrected chi connectivity index (χ3v) is 4.35. The highest BCUT2D eigenvalue weighted by Crippen LogP contribution is 2.16. The van der Waals surface area contributed by atoms with Gasteiger partial charge in [0.25, 0.3) is 5.91 Å². The van der Waals surface area contributed by atoms with Gasteiger partial charge < -0.3 is 15.0 Å². The summed E-state index contributed by atoms with van der Waals surface area (Å²) in [7, 11) is 0. The summed E-state index contributed by atoms with van der Waals surface area (Å²) in [6.07, 6.45) is 6.36. The quantitative estimate of drug-likeness (QED) is 0.749. The van der Waals surface area contributed by atoms with Crippen molar-refractivity contribution in [1.29, 1.82) is 0 Å². The molecule has 0 spiro atoms. The number of carbonyl (C=O) groups excluding carboxylic acids is 1. The summed E-state index contributed by atoms with van der Waals surface area (Å²) >= 11 is 0. The van der Waals surface area contributed by atoms with Gasteiger partial charge in [-0.3, -0.25) is 4.79 Å². The summed E-state index contributed by atoms with van der Waals surface area (Å²) in [4.78, 5) is 18.7. The first-order valence-electron chi connectivity index (χ1n) is 8.78. The molecular formula is C18H29N3O2. The summed E-state index contributed by atoms with van der Waals surface area (Å²) in [5.74, 6) is 1.38. The molecule has 0 radical (unpaired) electrons. The standard InChI is InChI=1S/C18H29N3O2/c1-3-23-17-7-6-16(14-20-17)18(22)19-10-4-5-11-21-12-8-15(2)9-13-21/h6-7,14-15H,3-5,8-13H2,1-2H3,(H,19,22). The van der Waals surface area contributed by atoms with Gasteiger partial charge in [0.05, 0.1) is 12.2 Å². The zero-order valence-electron chi connectivity index (χ0n) is 14.4. The van der Waals surface area contributed by atoms with Gasteiger partial charge >= 0.3 is 0 Å². The second-order valence-corrected chi connectivity index (χ2v) is 6.31. The van der Waals surface area contributed by atoms with Crippen LogP contribution in [0.4, 0.5) is 0 Å². The van der Waals surface area contributed by atoms with Crippen LogP contribution in [-0.2, 0) is 0 Å². The third-order valence-electron chi connectivity index (χ3n) is 4.35. The molecule has 1 aromatic heterocycles. The van der Waals surface area contributed by atoms with E-state index in [9.17, 15) is 4.79 Å². The van der Waals surface area contributed by atoms with Gasteiger partial charge in [0.15, 0.2) is 0 Å². The molecule has 1 fully saturated rings. The maximum absolute atomic E-state index is 12.0. The first-order valence-corrected chi connectivity index (χ1v) is 8.78. The Morgan fingerprint density at radius 2 is 2.13 bits per heavy atom. The van der Waals surface area contributed by atoms with Gasteiger partial charge in [-0.2, -0.15) is 0 Å². The average molecular weight is 319 g/mol. The zero-order valence-corrected chi connectivity index (χ0v) is 14.4. The molecule has 1 aliphatic heterocycles. The van der Waals surface area contributed by atoms with E-state index in [0.29, 0.717) is 18.1 Å². The lowest BCUT2D eigenvalue weighted by atomic mass is 9.99. The van der Waals surface area contributed by atoms with Gasteiger partial charge in [-0.25, -0.2) is 4.98 Å². The second kappa shape index (κ2) is 9.50. The van der Waals surface area contributed by atoms with Crippen LogP contribution < -0.4 is 10.1 Å². The molecule has 0 atom stereocenters. The lowest BCUT2D eigenvalue weighted by molar-refractivity contribution is 0.0951. The molecule has 5 nitrogen and oxygen atoms in total. The van der Waals surface area contributed by atoms with Crippen LogP contribution >= 0.6 is 0 Å². The number of ether oxygens (including phenoxy) is 1. The Labute approximate surface area is 139 Å². The van der Waals surface area contributed by atoms with Gasteiger partial charge in [0.2, 0.25) is 5.88 Å². The van der Waals surface area contributed by atoms with Crippen LogP contribution in [0.2, 0.25) is 0 Å². The topological polar surface area (TPSA) is 54.5 Å². The fraction of sp³-hybridized carbons (Fsp3) is 0.667. The summed E-state index contributed by atoms with van der Waals surface area (Å²) in [5.41, 5.74) is 0.582. The van der Waals surface area contributed by atoms with Crippen molar-refractivity contribution in [3.05, 3.63) is 23.9 Å². The number of nitrogens with one attached hydrogen (secondary N) is 1. The van der Waals surface area contributed by atoms with E-state index in [2.05, 4.69) is 22.1 Å². The van der Waals surface area contributed by atoms with Gasteiger partial charge in [0.1, 0.15) is 0 Å². The lowest BCUT2D eigenvalue weighted by Crippen LogP contribution is -2.34. The number of aromatic nitrogens is 1. The molecule has 2 rings (SSSR count). The van der Waals surface area contributed by atoms with Crippen LogP contribution in [0.5, 0.6) is 5.88 Å². The van der Waals surface area contributed by atoms with Crippen LogP contribution in [0.25, 0.3) is 0 Å². The highest BCUT2D eigenvalue weighted by atomic mass is 16.5. The molecule has 1 saturated heterocycles. The molecule has 0 bridgehead atoms. The van der Waals surface area contributed by atoms with Crippen molar-refractivity contribution in [2.24, 2.45) is 5.92 Å². The molecule has 1 aliphatic rings. The Kier molecular flexibility index (Phi) is 7.33. The number of hydrogen-bond acceptors (Lipinski definition) is 4. The molecule has 2 heterocycles. The second-order valence-electron chi connectivity index (χ2n) is 6.31. The molecule has 23 heavy (non-hydrogen) atoms. The fourth-order valence-corrected chi connectivity index (χ4v) is 2.80. The lowest BCUT2D eigenvalue weighted by Gasteiger charge is -2.30. The van der Waals surface area contributed by atoms with E-state index in [-0.39, 0.29) is 5.91 Å². The zero-order chi connectivity index (χ0) is 16.5. The maximum atomic E-state index is 12.0. The van der Waals surface area contributed by atoms with E-state index in [4.69, 9.17) is 4.74 Å². The van der Waals surface area contributed by atoms with Crippen LogP contribution in [0.1, 0.15) is 49.9 Å². The van der Waals surface area contributed by atoms with E-state index in [1.807, 2.05) is 6.92 Å². The Hall–Kier alpha value is -1.62. The monoisotopic (exact) mass is 319 g/mol. The van der Waals surface area contributed by atoms with Crippen LogP contribution in [0.3, 0.4) is 0 Å². The Morgan fingerprint density at radius 1 is 1.35 bits per heavy atom. The average Bonchev–Trinajstić information content (AvgIpc) is 2.57. The molecular weight excluding hydrogens is 290 g/mol. The molecule has 0 aromatic carbocycles. The smallest absolute Gasteiger partial charge is 0.252 e. The number of unbranched alkanes of at least 4 members (excludes halogenated alkanes) is 1. The Balaban J connectivity index is 1.59. The molecule has 128 valence electrons. The predicted molar refractivity (Wildman–Crippen MR) is 91.8 cm³/mol. The largest absolute Gasteiger partial charge is 0.478 e. The molecule has 0 saturated carbocycles. The summed E-state index contributed by atoms with van der Waals surface area (Å²) in [6, 6.07) is 3.48. The Bertz CT molecular complexity index is 468. The van der Waals surface area contributed by atoms with Gasteiger partial charge in [-0.15, -0.1) is 0 Å². The normalized spacial score (nSPS) is 16.3. The minimum absolute atomic E-state index is 0.0626. The molecule has 1 amide bonds. The number of piperidine rings is 1.